The second-order valence-electron chi connectivity index (χ2n) is 6.60. The number of benzene rings is 1. The molecule has 0 spiro atoms. The molecule has 1 aromatic carbocycles. The van der Waals surface area contributed by atoms with E-state index in [-0.39, 0.29) is 5.91 Å². The summed E-state index contributed by atoms with van der Waals surface area (Å²) in [6.07, 6.45) is 3.65. The molecule has 6 heteroatoms. The lowest BCUT2D eigenvalue weighted by molar-refractivity contribution is 0.102. The summed E-state index contributed by atoms with van der Waals surface area (Å²) in [6, 6.07) is 13.4. The number of carbonyl (C=O) groups is 1. The zero-order valence-corrected chi connectivity index (χ0v) is 14.8. The van der Waals surface area contributed by atoms with Gasteiger partial charge in [-0.3, -0.25) is 9.89 Å². The third kappa shape index (κ3) is 3.35. The fourth-order valence-corrected chi connectivity index (χ4v) is 3.32. The van der Waals surface area contributed by atoms with E-state index < -0.39 is 0 Å². The minimum atomic E-state index is -0.236. The van der Waals surface area contributed by atoms with Gasteiger partial charge in [-0.1, -0.05) is 12.1 Å². The van der Waals surface area contributed by atoms with Crippen LogP contribution in [-0.2, 0) is 0 Å². The SMILES string of the molecule is Cc1ccc(-c2cc(C(=O)Nc3ccccc3N3CCCCC3)n[nH]2)o1. The first kappa shape index (κ1) is 16.4. The smallest absolute Gasteiger partial charge is 0.276 e. The Kier molecular flexibility index (Phi) is 4.48. The molecule has 134 valence electrons. The number of aromatic amines is 1. The lowest BCUT2D eigenvalue weighted by atomic mass is 10.1. The van der Waals surface area contributed by atoms with Crippen molar-refractivity contribution in [3.8, 4) is 11.5 Å². The van der Waals surface area contributed by atoms with E-state index in [1.165, 1.54) is 19.3 Å². The first-order chi connectivity index (χ1) is 12.7. The zero-order chi connectivity index (χ0) is 17.9. The van der Waals surface area contributed by atoms with Crippen LogP contribution in [0.5, 0.6) is 0 Å². The van der Waals surface area contributed by atoms with Gasteiger partial charge in [0.15, 0.2) is 11.5 Å². The maximum atomic E-state index is 12.7. The first-order valence-corrected chi connectivity index (χ1v) is 8.98. The highest BCUT2D eigenvalue weighted by Crippen LogP contribution is 2.29. The van der Waals surface area contributed by atoms with Gasteiger partial charge in [0, 0.05) is 19.2 Å². The summed E-state index contributed by atoms with van der Waals surface area (Å²) in [7, 11) is 0. The van der Waals surface area contributed by atoms with Crippen molar-refractivity contribution >= 4 is 17.3 Å². The predicted octanol–water partition coefficient (Wildman–Crippen LogP) is 4.22. The number of piperidine rings is 1. The van der Waals surface area contributed by atoms with Gasteiger partial charge in [0.2, 0.25) is 0 Å². The molecule has 3 aromatic rings. The van der Waals surface area contributed by atoms with E-state index in [9.17, 15) is 4.79 Å². The van der Waals surface area contributed by atoms with Gasteiger partial charge in [-0.25, -0.2) is 0 Å². The number of carbonyl (C=O) groups excluding carboxylic acids is 1. The molecule has 2 N–H and O–H groups in total. The topological polar surface area (TPSA) is 74.2 Å². The minimum Gasteiger partial charge on any atom is -0.460 e. The fourth-order valence-electron chi connectivity index (χ4n) is 3.32. The summed E-state index contributed by atoms with van der Waals surface area (Å²) in [4.78, 5) is 15.0. The van der Waals surface area contributed by atoms with Gasteiger partial charge >= 0.3 is 0 Å². The summed E-state index contributed by atoms with van der Waals surface area (Å²) >= 11 is 0. The molecule has 1 fully saturated rings. The van der Waals surface area contributed by atoms with E-state index in [0.29, 0.717) is 17.1 Å². The average Bonchev–Trinajstić information content (AvgIpc) is 3.32. The van der Waals surface area contributed by atoms with Crippen molar-refractivity contribution in [1.82, 2.24) is 10.2 Å². The second-order valence-corrected chi connectivity index (χ2v) is 6.60. The fraction of sp³-hybridized carbons (Fsp3) is 0.300. The zero-order valence-electron chi connectivity index (χ0n) is 14.8. The summed E-state index contributed by atoms with van der Waals surface area (Å²) in [5.74, 6) is 1.25. The quantitative estimate of drug-likeness (QED) is 0.739. The highest BCUT2D eigenvalue weighted by molar-refractivity contribution is 6.05. The van der Waals surface area contributed by atoms with Crippen LogP contribution in [-0.4, -0.2) is 29.2 Å². The molecule has 3 heterocycles. The average molecular weight is 350 g/mol. The van der Waals surface area contributed by atoms with Crippen molar-refractivity contribution in [1.29, 1.82) is 0 Å². The lowest BCUT2D eigenvalue weighted by Crippen LogP contribution is -2.30. The molecular formula is C20H22N4O2. The number of hydrogen-bond acceptors (Lipinski definition) is 4. The van der Waals surface area contributed by atoms with Gasteiger partial charge in [0.25, 0.3) is 5.91 Å². The van der Waals surface area contributed by atoms with Gasteiger partial charge < -0.3 is 14.6 Å². The molecule has 1 aliphatic heterocycles. The molecule has 0 saturated carbocycles. The van der Waals surface area contributed by atoms with Crippen molar-refractivity contribution in [3.63, 3.8) is 0 Å². The van der Waals surface area contributed by atoms with Gasteiger partial charge in [-0.05, 0) is 50.5 Å². The summed E-state index contributed by atoms with van der Waals surface area (Å²) in [5, 5.41) is 9.99. The monoisotopic (exact) mass is 350 g/mol. The van der Waals surface area contributed by atoms with Gasteiger partial charge in [-0.15, -0.1) is 0 Å². The second kappa shape index (κ2) is 7.07. The molecule has 0 radical (unpaired) electrons. The number of nitrogens with one attached hydrogen (secondary N) is 2. The van der Waals surface area contributed by atoms with Crippen LogP contribution in [0.4, 0.5) is 11.4 Å². The van der Waals surface area contributed by atoms with Crippen molar-refractivity contribution in [3.05, 3.63) is 53.9 Å². The Balaban J connectivity index is 1.53. The van der Waals surface area contributed by atoms with E-state index in [0.717, 1.165) is 30.2 Å². The molecule has 1 amide bonds. The molecule has 0 bridgehead atoms. The summed E-state index contributed by atoms with van der Waals surface area (Å²) < 4.78 is 5.57. The highest BCUT2D eigenvalue weighted by Gasteiger charge is 2.18. The normalized spacial score (nSPS) is 14.4. The molecular weight excluding hydrogens is 328 g/mol. The molecule has 1 saturated heterocycles. The van der Waals surface area contributed by atoms with Crippen LogP contribution >= 0.6 is 0 Å². The maximum absolute atomic E-state index is 12.7. The predicted molar refractivity (Wildman–Crippen MR) is 101 cm³/mol. The summed E-state index contributed by atoms with van der Waals surface area (Å²) in [6.45, 7) is 3.93. The Morgan fingerprint density at radius 3 is 2.73 bits per heavy atom. The number of aryl methyl sites for hydroxylation is 1. The molecule has 6 nitrogen and oxygen atoms in total. The molecule has 2 aromatic heterocycles. The number of nitrogens with zero attached hydrogens (tertiary/aromatic N) is 2. The number of amides is 1. The van der Waals surface area contributed by atoms with Gasteiger partial charge in [0.1, 0.15) is 11.5 Å². The van der Waals surface area contributed by atoms with Crippen LogP contribution in [0, 0.1) is 6.92 Å². The van der Waals surface area contributed by atoms with Crippen molar-refractivity contribution in [2.24, 2.45) is 0 Å². The molecule has 26 heavy (non-hydrogen) atoms. The Hall–Kier alpha value is -3.02. The Morgan fingerprint density at radius 1 is 1.15 bits per heavy atom. The molecule has 1 aliphatic rings. The summed E-state index contributed by atoms with van der Waals surface area (Å²) in [5.41, 5.74) is 2.91. The Morgan fingerprint density at radius 2 is 1.96 bits per heavy atom. The lowest BCUT2D eigenvalue weighted by Gasteiger charge is -2.30. The largest absolute Gasteiger partial charge is 0.460 e. The van der Waals surface area contributed by atoms with Crippen molar-refractivity contribution in [2.75, 3.05) is 23.3 Å². The number of aromatic nitrogens is 2. The molecule has 4 rings (SSSR count). The number of furan rings is 1. The van der Waals surface area contributed by atoms with Crippen LogP contribution in [0.2, 0.25) is 0 Å². The van der Waals surface area contributed by atoms with Crippen LogP contribution in [0.3, 0.4) is 0 Å². The third-order valence-electron chi connectivity index (χ3n) is 4.67. The van der Waals surface area contributed by atoms with E-state index in [2.05, 4.69) is 26.5 Å². The number of para-hydroxylation sites is 2. The highest BCUT2D eigenvalue weighted by atomic mass is 16.3. The maximum Gasteiger partial charge on any atom is 0.276 e. The number of rotatable bonds is 4. The minimum absolute atomic E-state index is 0.236. The Labute approximate surface area is 152 Å². The van der Waals surface area contributed by atoms with Crippen LogP contribution in [0.1, 0.15) is 35.5 Å². The van der Waals surface area contributed by atoms with Crippen molar-refractivity contribution in [2.45, 2.75) is 26.2 Å². The first-order valence-electron chi connectivity index (χ1n) is 8.98. The van der Waals surface area contributed by atoms with Crippen LogP contribution in [0.25, 0.3) is 11.5 Å². The Bertz CT molecular complexity index is 906. The molecule has 0 aliphatic carbocycles. The van der Waals surface area contributed by atoms with Gasteiger partial charge in [0.05, 0.1) is 11.4 Å². The number of anilines is 2. The van der Waals surface area contributed by atoms with E-state index in [4.69, 9.17) is 4.42 Å². The van der Waals surface area contributed by atoms with Crippen molar-refractivity contribution < 1.29 is 9.21 Å². The van der Waals surface area contributed by atoms with E-state index in [1.807, 2.05) is 37.3 Å². The number of H-pyrrole nitrogens is 1. The number of hydrogen-bond donors (Lipinski definition) is 2. The van der Waals surface area contributed by atoms with Crippen LogP contribution in [0.15, 0.2) is 46.9 Å². The molecule has 0 unspecified atom stereocenters. The van der Waals surface area contributed by atoms with E-state index >= 15 is 0 Å². The third-order valence-corrected chi connectivity index (χ3v) is 4.67. The van der Waals surface area contributed by atoms with E-state index in [1.54, 1.807) is 6.07 Å². The molecule has 0 atom stereocenters. The van der Waals surface area contributed by atoms with Gasteiger partial charge in [-0.2, -0.15) is 5.10 Å². The van der Waals surface area contributed by atoms with Crippen LogP contribution < -0.4 is 10.2 Å². The standard InChI is InChI=1S/C20H22N4O2/c1-14-9-10-19(26-14)16-13-17(23-22-16)20(25)21-15-7-3-4-8-18(15)24-11-5-2-6-12-24/h3-4,7-10,13H,2,5-6,11-12H2,1H3,(H,21,25)(H,22,23).